The van der Waals surface area contributed by atoms with Crippen LogP contribution in [0.3, 0.4) is 0 Å². The van der Waals surface area contributed by atoms with Crippen molar-refractivity contribution in [2.45, 2.75) is 31.6 Å². The Morgan fingerprint density at radius 3 is 2.53 bits per heavy atom. The van der Waals surface area contributed by atoms with E-state index in [4.69, 9.17) is 0 Å². The summed E-state index contributed by atoms with van der Waals surface area (Å²) in [7, 11) is 0. The van der Waals surface area contributed by atoms with Crippen molar-refractivity contribution < 1.29 is 26.7 Å². The first-order chi connectivity index (χ1) is 18.0. The molecule has 14 heteroatoms. The van der Waals surface area contributed by atoms with E-state index in [1.165, 1.54) is 12.3 Å². The number of halogens is 5. The zero-order chi connectivity index (χ0) is 27.1. The fourth-order valence-corrected chi connectivity index (χ4v) is 4.13. The molecule has 1 saturated heterocycles. The monoisotopic (exact) mass is 534 g/mol. The van der Waals surface area contributed by atoms with Gasteiger partial charge in [-0.2, -0.15) is 13.9 Å². The SMILES string of the molecule is Cc1cc(Nc2nc(C(F)(F)c3ccc(F)cc3)nn3cc(NC(=O)CN4CCC(F)(F)CC4)cc23)n[nH]1. The average molecular weight is 534 g/mol. The van der Waals surface area contributed by atoms with Crippen LogP contribution in [0.5, 0.6) is 0 Å². The first-order valence-electron chi connectivity index (χ1n) is 11.7. The lowest BCUT2D eigenvalue weighted by Crippen LogP contribution is -2.42. The number of nitrogens with zero attached hydrogens (tertiary/aromatic N) is 5. The number of hydrogen-bond donors (Lipinski definition) is 3. The van der Waals surface area contributed by atoms with E-state index in [9.17, 15) is 18.0 Å². The highest BCUT2D eigenvalue weighted by molar-refractivity contribution is 5.93. The predicted octanol–water partition coefficient (Wildman–Crippen LogP) is 4.45. The Labute approximate surface area is 213 Å². The van der Waals surface area contributed by atoms with E-state index in [0.717, 1.165) is 28.8 Å². The van der Waals surface area contributed by atoms with Crippen LogP contribution >= 0.6 is 0 Å². The molecule has 3 aromatic heterocycles. The van der Waals surface area contributed by atoms with Crippen LogP contribution in [0.2, 0.25) is 0 Å². The van der Waals surface area contributed by atoms with Crippen molar-refractivity contribution in [1.29, 1.82) is 0 Å². The van der Waals surface area contributed by atoms with Gasteiger partial charge in [-0.1, -0.05) is 0 Å². The van der Waals surface area contributed by atoms with Crippen LogP contribution in [-0.2, 0) is 10.7 Å². The summed E-state index contributed by atoms with van der Waals surface area (Å²) in [4.78, 5) is 18.2. The molecule has 4 aromatic rings. The number of piperidine rings is 1. The zero-order valence-electron chi connectivity index (χ0n) is 20.1. The molecular weight excluding hydrogens is 511 g/mol. The standard InChI is InChI=1S/C24H23F5N8O/c1-14-10-19(34-33-14)31-21-18-11-17(30-20(38)13-36-8-6-23(26,27)7-9-36)12-37(18)35-22(32-21)24(28,29)15-2-4-16(25)5-3-15/h2-5,10-12H,6-9,13H2,1H3,(H,30,38)(H2,31,32,33,34,35). The number of H-pyrrole nitrogens is 1. The summed E-state index contributed by atoms with van der Waals surface area (Å²) in [5, 5.41) is 16.3. The van der Waals surface area contributed by atoms with Gasteiger partial charge < -0.3 is 10.6 Å². The number of fused-ring (bicyclic) bond motifs is 1. The third kappa shape index (κ3) is 5.44. The highest BCUT2D eigenvalue weighted by Crippen LogP contribution is 2.35. The minimum atomic E-state index is -3.68. The molecule has 1 aromatic carbocycles. The molecule has 0 atom stereocenters. The maximum atomic E-state index is 15.4. The summed E-state index contributed by atoms with van der Waals surface area (Å²) >= 11 is 0. The second-order valence-corrected chi connectivity index (χ2v) is 9.17. The van der Waals surface area contributed by atoms with E-state index >= 15 is 8.78 Å². The minimum Gasteiger partial charge on any atom is -0.324 e. The van der Waals surface area contributed by atoms with E-state index in [0.29, 0.717) is 11.5 Å². The fourth-order valence-electron chi connectivity index (χ4n) is 4.13. The van der Waals surface area contributed by atoms with Gasteiger partial charge in [-0.25, -0.2) is 22.7 Å². The largest absolute Gasteiger partial charge is 0.333 e. The second kappa shape index (κ2) is 9.67. The molecule has 0 unspecified atom stereocenters. The number of aromatic nitrogens is 5. The smallest absolute Gasteiger partial charge is 0.324 e. The second-order valence-electron chi connectivity index (χ2n) is 9.17. The molecule has 0 aliphatic carbocycles. The lowest BCUT2D eigenvalue weighted by atomic mass is 10.1. The Morgan fingerprint density at radius 1 is 1.16 bits per heavy atom. The van der Waals surface area contributed by atoms with Gasteiger partial charge in [0.2, 0.25) is 11.7 Å². The molecule has 0 bridgehead atoms. The summed E-state index contributed by atoms with van der Waals surface area (Å²) < 4.78 is 72.0. The summed E-state index contributed by atoms with van der Waals surface area (Å²) in [6.07, 6.45) is 0.696. The van der Waals surface area contributed by atoms with Crippen molar-refractivity contribution >= 4 is 28.7 Å². The number of aromatic amines is 1. The highest BCUT2D eigenvalue weighted by Gasteiger charge is 2.39. The molecule has 200 valence electrons. The molecule has 0 spiro atoms. The van der Waals surface area contributed by atoms with Gasteiger partial charge in [0.1, 0.15) is 11.3 Å². The first-order valence-corrected chi connectivity index (χ1v) is 11.7. The van der Waals surface area contributed by atoms with Gasteiger partial charge >= 0.3 is 5.92 Å². The fraction of sp³-hybridized carbons (Fsp3) is 0.333. The summed E-state index contributed by atoms with van der Waals surface area (Å²) in [5.41, 5.74) is 0.716. The maximum absolute atomic E-state index is 15.4. The molecule has 1 amide bonds. The lowest BCUT2D eigenvalue weighted by molar-refractivity contribution is -0.119. The van der Waals surface area contributed by atoms with Crippen LogP contribution < -0.4 is 10.6 Å². The van der Waals surface area contributed by atoms with Crippen molar-refractivity contribution in [1.82, 2.24) is 29.7 Å². The Bertz CT molecular complexity index is 1460. The van der Waals surface area contributed by atoms with Gasteiger partial charge in [0, 0.05) is 43.3 Å². The van der Waals surface area contributed by atoms with Crippen molar-refractivity contribution in [2.75, 3.05) is 30.3 Å². The van der Waals surface area contributed by atoms with Crippen LogP contribution in [0.15, 0.2) is 42.6 Å². The number of likely N-dealkylation sites (tertiary alicyclic amines) is 1. The number of alkyl halides is 4. The van der Waals surface area contributed by atoms with Gasteiger partial charge in [-0.05, 0) is 37.3 Å². The van der Waals surface area contributed by atoms with Crippen molar-refractivity contribution in [3.63, 3.8) is 0 Å². The van der Waals surface area contributed by atoms with Crippen LogP contribution in [0, 0.1) is 12.7 Å². The molecule has 0 radical (unpaired) electrons. The van der Waals surface area contributed by atoms with Crippen molar-refractivity contribution in [3.8, 4) is 0 Å². The molecule has 1 aliphatic rings. The van der Waals surface area contributed by atoms with E-state index in [1.807, 2.05) is 0 Å². The molecule has 5 rings (SSSR count). The van der Waals surface area contributed by atoms with Gasteiger partial charge in [0.15, 0.2) is 11.6 Å². The van der Waals surface area contributed by atoms with E-state index < -0.39 is 35.0 Å². The predicted molar refractivity (Wildman–Crippen MR) is 128 cm³/mol. The zero-order valence-corrected chi connectivity index (χ0v) is 20.1. The number of carbonyl (C=O) groups excluding carboxylic acids is 1. The highest BCUT2D eigenvalue weighted by atomic mass is 19.3. The molecule has 9 nitrogen and oxygen atoms in total. The molecule has 38 heavy (non-hydrogen) atoms. The minimum absolute atomic E-state index is 0.0120. The number of hydrogen-bond acceptors (Lipinski definition) is 6. The third-order valence-electron chi connectivity index (χ3n) is 6.14. The Morgan fingerprint density at radius 2 is 1.87 bits per heavy atom. The van der Waals surface area contributed by atoms with Gasteiger partial charge in [-0.3, -0.25) is 14.8 Å². The van der Waals surface area contributed by atoms with E-state index in [-0.39, 0.29) is 49.5 Å². The Kier molecular flexibility index (Phi) is 6.51. The van der Waals surface area contributed by atoms with Crippen LogP contribution in [0.4, 0.5) is 39.3 Å². The Balaban J connectivity index is 1.44. The summed E-state index contributed by atoms with van der Waals surface area (Å²) in [5.74, 6) is -8.09. The number of carbonyl (C=O) groups is 1. The Hall–Kier alpha value is -4.07. The van der Waals surface area contributed by atoms with Gasteiger partial charge in [0.05, 0.1) is 18.4 Å². The molecule has 1 aliphatic heterocycles. The van der Waals surface area contributed by atoms with Crippen LogP contribution in [-0.4, -0.2) is 61.2 Å². The van der Waals surface area contributed by atoms with Gasteiger partial charge in [0.25, 0.3) is 5.92 Å². The molecule has 4 heterocycles. The van der Waals surface area contributed by atoms with E-state index in [2.05, 4.69) is 30.9 Å². The first kappa shape index (κ1) is 25.6. The van der Waals surface area contributed by atoms with Crippen molar-refractivity contribution in [3.05, 3.63) is 65.5 Å². The molecular formula is C24H23F5N8O. The maximum Gasteiger partial charge on any atom is 0.333 e. The van der Waals surface area contributed by atoms with Crippen molar-refractivity contribution in [2.24, 2.45) is 0 Å². The summed E-state index contributed by atoms with van der Waals surface area (Å²) in [6, 6.07) is 6.87. The molecule has 3 N–H and O–H groups in total. The van der Waals surface area contributed by atoms with Gasteiger partial charge in [-0.15, -0.1) is 5.10 Å². The summed E-state index contributed by atoms with van der Waals surface area (Å²) in [6.45, 7) is 1.83. The van der Waals surface area contributed by atoms with Crippen LogP contribution in [0.1, 0.15) is 29.9 Å². The number of nitrogens with one attached hydrogen (secondary N) is 3. The number of benzene rings is 1. The molecule has 0 saturated carbocycles. The van der Waals surface area contributed by atoms with E-state index in [1.54, 1.807) is 17.9 Å². The average Bonchev–Trinajstić information content (AvgIpc) is 3.46. The molecule has 1 fully saturated rings. The topological polar surface area (TPSA) is 103 Å². The third-order valence-corrected chi connectivity index (χ3v) is 6.14. The number of amides is 1. The number of anilines is 3. The quantitative estimate of drug-likeness (QED) is 0.303. The normalized spacial score (nSPS) is 16.1. The van der Waals surface area contributed by atoms with Crippen LogP contribution in [0.25, 0.3) is 5.52 Å². The number of rotatable bonds is 7. The lowest BCUT2D eigenvalue weighted by Gasteiger charge is -2.30. The number of aryl methyl sites for hydroxylation is 1.